The van der Waals surface area contributed by atoms with Gasteiger partial charge in [0.2, 0.25) is 0 Å². The van der Waals surface area contributed by atoms with Crippen molar-refractivity contribution in [3.05, 3.63) is 60.7 Å². The number of rotatable bonds is 4. The Bertz CT molecular complexity index is 675. The maximum Gasteiger partial charge on any atom is 0.306 e. The van der Waals surface area contributed by atoms with Crippen molar-refractivity contribution in [3.63, 3.8) is 0 Å². The molecule has 1 heterocycles. The molecule has 1 N–H and O–H groups in total. The summed E-state index contributed by atoms with van der Waals surface area (Å²) in [6.45, 7) is 6.26. The minimum absolute atomic E-state index is 0.106. The number of benzene rings is 2. The largest absolute Gasteiger partial charge is 0.462 e. The highest BCUT2D eigenvalue weighted by molar-refractivity contribution is 6.97. The topological polar surface area (TPSA) is 46.5 Å². The van der Waals surface area contributed by atoms with Gasteiger partial charge in [-0.05, 0) is 22.2 Å². The molecule has 0 aliphatic carbocycles. The van der Waals surface area contributed by atoms with Gasteiger partial charge in [0.1, 0.15) is 6.10 Å². The Balaban J connectivity index is 2.13. The Kier molecular flexibility index (Phi) is 5.11. The molecule has 1 saturated heterocycles. The Morgan fingerprint density at radius 2 is 1.48 bits per heavy atom. The third-order valence-electron chi connectivity index (χ3n) is 5.43. The molecule has 2 aromatic carbocycles. The fraction of sp³-hybridized carbons (Fsp3) is 0.381. The van der Waals surface area contributed by atoms with Crippen LogP contribution in [0.3, 0.4) is 0 Å². The highest BCUT2D eigenvalue weighted by atomic mass is 28.4. The third-order valence-corrected chi connectivity index (χ3v) is 9.66. The van der Waals surface area contributed by atoms with Crippen LogP contribution >= 0.6 is 0 Å². The molecule has 0 aromatic heterocycles. The van der Waals surface area contributed by atoms with E-state index in [0.29, 0.717) is 0 Å². The summed E-state index contributed by atoms with van der Waals surface area (Å²) < 4.78 is 5.63. The Hall–Kier alpha value is -1.91. The van der Waals surface area contributed by atoms with E-state index in [9.17, 15) is 9.59 Å². The van der Waals surface area contributed by atoms with E-state index < -0.39 is 8.32 Å². The summed E-state index contributed by atoms with van der Waals surface area (Å²) in [5, 5.41) is 1.91. The number of ether oxygens (including phenoxy) is 1. The Morgan fingerprint density at radius 1 is 1.00 bits per heavy atom. The van der Waals surface area contributed by atoms with E-state index in [4.69, 9.17) is 4.74 Å². The summed E-state index contributed by atoms with van der Waals surface area (Å²) in [5.41, 5.74) is -0.106. The molecule has 3 nitrogen and oxygen atoms in total. The second-order valence-electron chi connectivity index (χ2n) is 7.37. The first-order valence-electron chi connectivity index (χ1n) is 8.97. The van der Waals surface area contributed by atoms with E-state index in [0.717, 1.165) is 10.4 Å². The highest BCUT2D eigenvalue weighted by Gasteiger charge is 2.52. The van der Waals surface area contributed by atoms with Crippen molar-refractivity contribution in [3.8, 4) is 0 Å². The number of hydrogen-bond acceptors (Lipinski definition) is 3. The number of cyclic esters (lactones) is 1. The van der Waals surface area contributed by atoms with E-state index in [-0.39, 0.29) is 35.9 Å². The van der Waals surface area contributed by atoms with Gasteiger partial charge >= 0.3 is 5.97 Å². The Morgan fingerprint density at radius 3 is 1.92 bits per heavy atom. The van der Waals surface area contributed by atoms with Gasteiger partial charge in [-0.25, -0.2) is 0 Å². The van der Waals surface area contributed by atoms with Gasteiger partial charge in [0.05, 0.1) is 0 Å². The van der Waals surface area contributed by atoms with Crippen molar-refractivity contribution in [2.75, 3.05) is 0 Å². The number of carbonyl (C=O) groups is 1. The predicted molar refractivity (Wildman–Crippen MR) is 102 cm³/mol. The van der Waals surface area contributed by atoms with Crippen LogP contribution in [0, 0.1) is 11.8 Å². The van der Waals surface area contributed by atoms with Crippen molar-refractivity contribution >= 4 is 24.7 Å². The zero-order valence-corrected chi connectivity index (χ0v) is 16.1. The molecule has 132 valence electrons. The number of esters is 1. The second-order valence-corrected chi connectivity index (χ2v) is 10.8. The maximum absolute atomic E-state index is 12.3. The van der Waals surface area contributed by atoms with Crippen LogP contribution in [0.2, 0.25) is 5.54 Å². The van der Waals surface area contributed by atoms with Crippen LogP contribution in [0.4, 0.5) is 0 Å². The fourth-order valence-electron chi connectivity index (χ4n) is 4.15. The van der Waals surface area contributed by atoms with Crippen LogP contribution in [0.25, 0.3) is 0 Å². The van der Waals surface area contributed by atoms with Gasteiger partial charge in [-0.2, -0.15) is 0 Å². The van der Waals surface area contributed by atoms with Crippen LogP contribution in [0.15, 0.2) is 60.7 Å². The van der Waals surface area contributed by atoms with Crippen LogP contribution in [0.5, 0.6) is 0 Å². The molecule has 4 heteroatoms. The number of hydrogen-bond donors (Lipinski definition) is 1. The summed E-state index contributed by atoms with van der Waals surface area (Å²) in [5.74, 6) is 0.140. The molecular formula is C21H26O3Si. The lowest BCUT2D eigenvalue weighted by Gasteiger charge is -2.44. The van der Waals surface area contributed by atoms with Gasteiger partial charge in [0, 0.05) is 12.0 Å². The van der Waals surface area contributed by atoms with Crippen LogP contribution in [0.1, 0.15) is 27.2 Å². The quantitative estimate of drug-likeness (QED) is 0.678. The molecule has 0 unspecified atom stereocenters. The second kappa shape index (κ2) is 7.14. The smallest absolute Gasteiger partial charge is 0.306 e. The highest BCUT2D eigenvalue weighted by Crippen LogP contribution is 2.40. The molecule has 0 saturated carbocycles. The number of carbonyl (C=O) groups excluding carboxylic acids is 1. The van der Waals surface area contributed by atoms with E-state index in [1.54, 1.807) is 0 Å². The van der Waals surface area contributed by atoms with Crippen LogP contribution < -0.4 is 10.4 Å². The van der Waals surface area contributed by atoms with E-state index >= 15 is 0 Å². The van der Waals surface area contributed by atoms with Crippen molar-refractivity contribution in [1.29, 1.82) is 0 Å². The predicted octanol–water partition coefficient (Wildman–Crippen LogP) is 2.72. The monoisotopic (exact) mass is 354 g/mol. The molecule has 1 aliphatic heterocycles. The lowest BCUT2D eigenvalue weighted by molar-refractivity contribution is -0.161. The zero-order valence-electron chi connectivity index (χ0n) is 15.1. The molecular weight excluding hydrogens is 328 g/mol. The summed E-state index contributed by atoms with van der Waals surface area (Å²) in [6.07, 6.45) is 0.120. The molecule has 1 aliphatic rings. The van der Waals surface area contributed by atoms with Crippen LogP contribution in [-0.4, -0.2) is 25.2 Å². The zero-order chi connectivity index (χ0) is 18.0. The Labute approximate surface area is 150 Å². The van der Waals surface area contributed by atoms with Gasteiger partial charge in [-0.3, -0.25) is 4.79 Å². The van der Waals surface area contributed by atoms with E-state index in [1.807, 2.05) is 60.7 Å². The minimum Gasteiger partial charge on any atom is -0.462 e. The first kappa shape index (κ1) is 17.9. The van der Waals surface area contributed by atoms with Gasteiger partial charge in [0.15, 0.2) is 0 Å². The molecule has 2 aromatic rings. The summed E-state index contributed by atoms with van der Waals surface area (Å²) in [7, 11) is -3.09. The lowest BCUT2D eigenvalue weighted by Crippen LogP contribution is -2.65. The van der Waals surface area contributed by atoms with E-state index in [1.165, 1.54) is 0 Å². The van der Waals surface area contributed by atoms with Crippen molar-refractivity contribution in [1.82, 2.24) is 0 Å². The average molecular weight is 355 g/mol. The van der Waals surface area contributed by atoms with Gasteiger partial charge < -0.3 is 9.53 Å². The fourth-order valence-corrected chi connectivity index (χ4v) is 8.16. The summed E-state index contributed by atoms with van der Waals surface area (Å²) in [6, 6.07) is 19.7. The van der Waals surface area contributed by atoms with Gasteiger partial charge in [-0.15, -0.1) is 0 Å². The average Bonchev–Trinajstić information content (AvgIpc) is 2.64. The lowest BCUT2D eigenvalue weighted by atomic mass is 9.88. The normalized spacial score (nSPS) is 24.2. The summed E-state index contributed by atoms with van der Waals surface area (Å²) in [4.78, 5) is 24.4. The molecule has 0 amide bonds. The van der Waals surface area contributed by atoms with E-state index in [2.05, 4.69) is 20.8 Å². The standard InChI is InChI=1S/C21H26O3Si/c1-15(2)21-16(3)19(14-20(22)24-21)25(23,17-10-6-4-7-11-17)18-12-8-5-9-13-18/h4-13,15-16,19,21,23H,14H2,1-3H3/t16-,19-,21+/m0/s1. The molecule has 3 atom stereocenters. The molecule has 25 heavy (non-hydrogen) atoms. The molecule has 0 bridgehead atoms. The SMILES string of the molecule is CC(C)[C@H]1OC(=O)C[C@H]([Si](O)(c2ccccc2)c2ccccc2)[C@@H]1C. The first-order chi connectivity index (χ1) is 11.9. The molecule has 3 rings (SSSR count). The van der Waals surface area contributed by atoms with Crippen molar-refractivity contribution in [2.45, 2.75) is 38.8 Å². The molecule has 1 fully saturated rings. The molecule has 0 radical (unpaired) electrons. The first-order valence-corrected chi connectivity index (χ1v) is 11.0. The van der Waals surface area contributed by atoms with Gasteiger partial charge in [0.25, 0.3) is 8.32 Å². The maximum atomic E-state index is 12.3. The minimum atomic E-state index is -3.09. The van der Waals surface area contributed by atoms with Gasteiger partial charge in [-0.1, -0.05) is 81.4 Å². The van der Waals surface area contributed by atoms with Crippen LogP contribution in [-0.2, 0) is 9.53 Å². The van der Waals surface area contributed by atoms with Crippen molar-refractivity contribution in [2.24, 2.45) is 11.8 Å². The molecule has 0 spiro atoms. The summed E-state index contributed by atoms with van der Waals surface area (Å²) >= 11 is 0. The van der Waals surface area contributed by atoms with Crippen molar-refractivity contribution < 1.29 is 14.3 Å². The third kappa shape index (κ3) is 3.28.